The summed E-state index contributed by atoms with van der Waals surface area (Å²) in [6, 6.07) is 2.36. The van der Waals surface area contributed by atoms with Gasteiger partial charge in [0, 0.05) is 18.1 Å². The van der Waals surface area contributed by atoms with Crippen molar-refractivity contribution in [2.75, 3.05) is 6.61 Å². The quantitative estimate of drug-likeness (QED) is 0.591. The Labute approximate surface area is 124 Å². The molecule has 2 aliphatic rings. The molecule has 1 aliphatic heterocycles. The first-order chi connectivity index (χ1) is 9.52. The molecule has 1 unspecified atom stereocenters. The third kappa shape index (κ3) is 2.31. The number of ether oxygens (including phenoxy) is 1. The van der Waals surface area contributed by atoms with Crippen molar-refractivity contribution >= 4 is 21.7 Å². The maximum atomic E-state index is 13.5. The Hall–Kier alpha value is -0.810. The molecule has 0 aromatic heterocycles. The molecule has 2 fully saturated rings. The molecule has 108 valence electrons. The summed E-state index contributed by atoms with van der Waals surface area (Å²) in [5, 5.41) is 0. The van der Waals surface area contributed by atoms with E-state index in [0.29, 0.717) is 19.4 Å². The zero-order valence-electron chi connectivity index (χ0n) is 10.9. The van der Waals surface area contributed by atoms with Crippen LogP contribution in [0, 0.1) is 17.6 Å². The van der Waals surface area contributed by atoms with Crippen LogP contribution < -0.4 is 0 Å². The molecule has 0 radical (unpaired) electrons. The van der Waals surface area contributed by atoms with Crippen molar-refractivity contribution in [1.82, 2.24) is 0 Å². The van der Waals surface area contributed by atoms with Gasteiger partial charge in [0.25, 0.3) is 0 Å². The van der Waals surface area contributed by atoms with Crippen LogP contribution in [-0.2, 0) is 4.74 Å². The Morgan fingerprint density at radius 2 is 2.10 bits per heavy atom. The van der Waals surface area contributed by atoms with E-state index in [9.17, 15) is 13.6 Å². The van der Waals surface area contributed by atoms with Crippen LogP contribution in [0.15, 0.2) is 16.6 Å². The van der Waals surface area contributed by atoms with Gasteiger partial charge in [0.15, 0.2) is 17.4 Å². The van der Waals surface area contributed by atoms with Crippen molar-refractivity contribution in [3.63, 3.8) is 0 Å². The Kier molecular flexibility index (Phi) is 3.67. The van der Waals surface area contributed by atoms with Crippen molar-refractivity contribution in [2.24, 2.45) is 5.92 Å². The van der Waals surface area contributed by atoms with E-state index in [0.717, 1.165) is 25.3 Å². The van der Waals surface area contributed by atoms with E-state index in [1.54, 1.807) is 0 Å². The number of rotatable bonds is 2. The lowest BCUT2D eigenvalue weighted by atomic mass is 9.70. The second-order valence-electron chi connectivity index (χ2n) is 5.66. The first-order valence-corrected chi connectivity index (χ1v) is 7.63. The highest BCUT2D eigenvalue weighted by molar-refractivity contribution is 9.10. The zero-order valence-corrected chi connectivity index (χ0v) is 12.5. The standard InChI is InChI=1S/C15H15BrF2O2/c16-12-10(2-3-11(17)13(12)18)14(19)9-4-7-20-15(8-9)5-1-6-15/h2-3,9H,1,4-8H2. The highest BCUT2D eigenvalue weighted by atomic mass is 79.9. The van der Waals surface area contributed by atoms with E-state index in [4.69, 9.17) is 4.74 Å². The first-order valence-electron chi connectivity index (χ1n) is 6.84. The van der Waals surface area contributed by atoms with Gasteiger partial charge in [-0.25, -0.2) is 8.78 Å². The average molecular weight is 345 g/mol. The number of hydrogen-bond acceptors (Lipinski definition) is 2. The fraction of sp³-hybridized carbons (Fsp3) is 0.533. The Balaban J connectivity index is 1.83. The zero-order chi connectivity index (χ0) is 14.3. The summed E-state index contributed by atoms with van der Waals surface area (Å²) in [4.78, 5) is 12.5. The monoisotopic (exact) mass is 344 g/mol. The lowest BCUT2D eigenvalue weighted by Crippen LogP contribution is -2.47. The summed E-state index contributed by atoms with van der Waals surface area (Å²) in [6.07, 6.45) is 4.46. The van der Waals surface area contributed by atoms with E-state index in [-0.39, 0.29) is 27.3 Å². The number of benzene rings is 1. The number of carbonyl (C=O) groups excluding carboxylic acids is 1. The number of halogens is 3. The van der Waals surface area contributed by atoms with Crippen molar-refractivity contribution in [3.8, 4) is 0 Å². The maximum absolute atomic E-state index is 13.5. The predicted molar refractivity (Wildman–Crippen MR) is 73.6 cm³/mol. The first kappa shape index (κ1) is 14.1. The van der Waals surface area contributed by atoms with Gasteiger partial charge in [0.1, 0.15) is 0 Å². The number of carbonyl (C=O) groups is 1. The van der Waals surface area contributed by atoms with Crippen molar-refractivity contribution in [3.05, 3.63) is 33.8 Å². The largest absolute Gasteiger partial charge is 0.375 e. The van der Waals surface area contributed by atoms with E-state index >= 15 is 0 Å². The fourth-order valence-corrected chi connectivity index (χ4v) is 3.62. The van der Waals surface area contributed by atoms with Crippen LogP contribution in [0.5, 0.6) is 0 Å². The van der Waals surface area contributed by atoms with E-state index in [2.05, 4.69) is 15.9 Å². The molecule has 1 saturated heterocycles. The molecule has 1 saturated carbocycles. The summed E-state index contributed by atoms with van der Waals surface area (Å²) in [5.41, 5.74) is 0.0918. The summed E-state index contributed by atoms with van der Waals surface area (Å²) < 4.78 is 32.4. The molecule has 1 spiro atoms. The fourth-order valence-electron chi connectivity index (χ4n) is 3.11. The van der Waals surface area contributed by atoms with Crippen LogP contribution in [0.1, 0.15) is 42.5 Å². The van der Waals surface area contributed by atoms with Gasteiger partial charge in [-0.2, -0.15) is 0 Å². The van der Waals surface area contributed by atoms with Crippen molar-refractivity contribution in [1.29, 1.82) is 0 Å². The van der Waals surface area contributed by atoms with Gasteiger partial charge in [-0.15, -0.1) is 0 Å². The Morgan fingerprint density at radius 1 is 1.35 bits per heavy atom. The van der Waals surface area contributed by atoms with E-state index < -0.39 is 11.6 Å². The van der Waals surface area contributed by atoms with Gasteiger partial charge in [-0.05, 0) is 60.2 Å². The number of hydrogen-bond donors (Lipinski definition) is 0. The SMILES string of the molecule is O=C(c1ccc(F)c(F)c1Br)C1CCOC2(CCC2)C1. The van der Waals surface area contributed by atoms with Gasteiger partial charge in [-0.3, -0.25) is 4.79 Å². The minimum Gasteiger partial charge on any atom is -0.375 e. The lowest BCUT2D eigenvalue weighted by molar-refractivity contribution is -0.137. The molecule has 1 aromatic rings. The molecule has 1 atom stereocenters. The normalized spacial score (nSPS) is 24.4. The average Bonchev–Trinajstić information content (AvgIpc) is 2.43. The van der Waals surface area contributed by atoms with Crippen LogP contribution in [0.3, 0.4) is 0 Å². The van der Waals surface area contributed by atoms with Crippen LogP contribution in [-0.4, -0.2) is 18.0 Å². The van der Waals surface area contributed by atoms with Gasteiger partial charge in [0.05, 0.1) is 10.1 Å². The van der Waals surface area contributed by atoms with E-state index in [1.807, 2.05) is 0 Å². The molecular weight excluding hydrogens is 330 g/mol. The minimum absolute atomic E-state index is 0.0725. The number of ketones is 1. The van der Waals surface area contributed by atoms with Crippen LogP contribution in [0.2, 0.25) is 0 Å². The highest BCUT2D eigenvalue weighted by Gasteiger charge is 2.44. The smallest absolute Gasteiger partial charge is 0.173 e. The third-order valence-corrected chi connectivity index (χ3v) is 5.20. The number of Topliss-reactive ketones (excluding diaryl/α,β-unsaturated/α-hetero) is 1. The van der Waals surface area contributed by atoms with Crippen molar-refractivity contribution in [2.45, 2.75) is 37.7 Å². The van der Waals surface area contributed by atoms with Crippen molar-refractivity contribution < 1.29 is 18.3 Å². The van der Waals surface area contributed by atoms with Gasteiger partial charge >= 0.3 is 0 Å². The molecule has 0 N–H and O–H groups in total. The Morgan fingerprint density at radius 3 is 2.75 bits per heavy atom. The molecule has 20 heavy (non-hydrogen) atoms. The van der Waals surface area contributed by atoms with Crippen LogP contribution in [0.25, 0.3) is 0 Å². The van der Waals surface area contributed by atoms with Gasteiger partial charge < -0.3 is 4.74 Å². The third-order valence-electron chi connectivity index (χ3n) is 4.43. The van der Waals surface area contributed by atoms with E-state index in [1.165, 1.54) is 6.07 Å². The topological polar surface area (TPSA) is 26.3 Å². The predicted octanol–water partition coefficient (Wildman–Crippen LogP) is 4.26. The second kappa shape index (κ2) is 5.19. The summed E-state index contributed by atoms with van der Waals surface area (Å²) >= 11 is 2.99. The van der Waals surface area contributed by atoms with Gasteiger partial charge in [-0.1, -0.05) is 0 Å². The van der Waals surface area contributed by atoms with Crippen LogP contribution >= 0.6 is 15.9 Å². The lowest BCUT2D eigenvalue weighted by Gasteiger charge is -2.46. The molecule has 3 rings (SSSR count). The molecule has 2 nitrogen and oxygen atoms in total. The minimum atomic E-state index is -0.999. The highest BCUT2D eigenvalue weighted by Crippen LogP contribution is 2.45. The molecular formula is C15H15BrF2O2. The molecule has 1 aliphatic carbocycles. The maximum Gasteiger partial charge on any atom is 0.173 e. The molecule has 0 amide bonds. The second-order valence-corrected chi connectivity index (χ2v) is 6.45. The summed E-state index contributed by atoms with van der Waals surface area (Å²) in [7, 11) is 0. The molecule has 1 heterocycles. The molecule has 5 heteroatoms. The van der Waals surface area contributed by atoms with Gasteiger partial charge in [0.2, 0.25) is 0 Å². The molecule has 0 bridgehead atoms. The summed E-state index contributed by atoms with van der Waals surface area (Å²) in [6.45, 7) is 0.567. The molecule has 1 aromatic carbocycles. The summed E-state index contributed by atoms with van der Waals surface area (Å²) in [5.74, 6) is -2.23. The Bertz CT molecular complexity index is 555. The van der Waals surface area contributed by atoms with Crippen LogP contribution in [0.4, 0.5) is 8.78 Å².